The molecule has 2 aliphatic heterocycles. The highest BCUT2D eigenvalue weighted by Crippen LogP contribution is 2.45. The van der Waals surface area contributed by atoms with Crippen LogP contribution in [0.1, 0.15) is 25.0 Å². The Morgan fingerprint density at radius 3 is 2.51 bits per heavy atom. The van der Waals surface area contributed by atoms with Crippen LogP contribution in [0.5, 0.6) is 17.2 Å². The number of carbonyl (C=O) groups excluding carboxylic acids is 1. The van der Waals surface area contributed by atoms with E-state index in [0.717, 1.165) is 6.08 Å². The number of hydrogen-bond donors (Lipinski definition) is 5. The first-order chi connectivity index (χ1) is 19.4. The minimum absolute atomic E-state index is 0.00549. The Labute approximate surface area is 233 Å². The zero-order chi connectivity index (χ0) is 29.5. The summed E-state index contributed by atoms with van der Waals surface area (Å²) >= 11 is 0. The van der Waals surface area contributed by atoms with Gasteiger partial charge in [0.15, 0.2) is 17.6 Å². The lowest BCUT2D eigenvalue weighted by Crippen LogP contribution is -2.61. The standard InChI is InChI=1S/C29H30O12/c1-29(2,19-12-16-11-15-6-10-21(32)40-26(15)25(36)27(16)39-19)41-28-24(35)23(34)22(33)18(38-28)13-37-20(31)9-5-14-3-7-17(30)8-4-14/h3-11,18-19,22-24,28,30,33-36H,12-13H2,1-2H3/b9-5+. The van der Waals surface area contributed by atoms with Gasteiger partial charge in [-0.3, -0.25) is 0 Å². The summed E-state index contributed by atoms with van der Waals surface area (Å²) in [5.41, 5.74) is -0.500. The number of fused-ring (bicyclic) bond motifs is 2. The van der Waals surface area contributed by atoms with Gasteiger partial charge in [0, 0.05) is 29.5 Å². The van der Waals surface area contributed by atoms with Crippen LogP contribution in [-0.4, -0.2) is 80.5 Å². The van der Waals surface area contributed by atoms with Crippen molar-refractivity contribution in [2.24, 2.45) is 0 Å². The van der Waals surface area contributed by atoms with Crippen LogP contribution in [0.4, 0.5) is 0 Å². The molecule has 0 spiro atoms. The molecule has 0 aliphatic carbocycles. The van der Waals surface area contributed by atoms with E-state index in [2.05, 4.69) is 0 Å². The summed E-state index contributed by atoms with van der Waals surface area (Å²) in [6.45, 7) is 2.88. The summed E-state index contributed by atoms with van der Waals surface area (Å²) in [5.74, 6) is -0.839. The summed E-state index contributed by atoms with van der Waals surface area (Å²) in [5, 5.41) is 52.0. The van der Waals surface area contributed by atoms with E-state index >= 15 is 0 Å². The van der Waals surface area contributed by atoms with Gasteiger partial charge in [-0.25, -0.2) is 9.59 Å². The maximum absolute atomic E-state index is 12.2. The zero-order valence-electron chi connectivity index (χ0n) is 22.2. The van der Waals surface area contributed by atoms with E-state index in [9.17, 15) is 35.1 Å². The molecule has 1 aromatic heterocycles. The van der Waals surface area contributed by atoms with Gasteiger partial charge in [0.1, 0.15) is 48.5 Å². The Kier molecular flexibility index (Phi) is 7.77. The van der Waals surface area contributed by atoms with E-state index in [1.807, 2.05) is 0 Å². The summed E-state index contributed by atoms with van der Waals surface area (Å²) < 4.78 is 28.0. The van der Waals surface area contributed by atoms with E-state index in [4.69, 9.17) is 23.4 Å². The largest absolute Gasteiger partial charge is 0.508 e. The predicted molar refractivity (Wildman–Crippen MR) is 142 cm³/mol. The maximum atomic E-state index is 12.2. The predicted octanol–water partition coefficient (Wildman–Crippen LogP) is 1.37. The van der Waals surface area contributed by atoms with Crippen molar-refractivity contribution >= 4 is 23.0 Å². The lowest BCUT2D eigenvalue weighted by molar-refractivity contribution is -0.329. The van der Waals surface area contributed by atoms with E-state index in [0.29, 0.717) is 22.9 Å². The molecule has 1 saturated heterocycles. The highest BCUT2D eigenvalue weighted by molar-refractivity contribution is 5.87. The molecule has 6 atom stereocenters. The number of ether oxygens (including phenoxy) is 4. The van der Waals surface area contributed by atoms with Crippen LogP contribution < -0.4 is 10.4 Å². The van der Waals surface area contributed by atoms with Crippen LogP contribution in [0, 0.1) is 0 Å². The fourth-order valence-corrected chi connectivity index (χ4v) is 4.78. The average molecular weight is 571 g/mol. The molecule has 218 valence electrons. The van der Waals surface area contributed by atoms with Gasteiger partial charge < -0.3 is 48.9 Å². The first-order valence-corrected chi connectivity index (χ1v) is 12.9. The van der Waals surface area contributed by atoms with Gasteiger partial charge in [-0.1, -0.05) is 12.1 Å². The number of carbonyl (C=O) groups is 1. The molecule has 12 nitrogen and oxygen atoms in total. The highest BCUT2D eigenvalue weighted by Gasteiger charge is 2.49. The SMILES string of the molecule is CC(C)(OC1OC(COC(=O)/C=C/c2ccc(O)cc2)C(O)C(O)C1O)C1Cc2cc3ccc(=O)oc3c(O)c2O1. The second kappa shape index (κ2) is 11.1. The van der Waals surface area contributed by atoms with Crippen molar-refractivity contribution in [2.75, 3.05) is 6.61 Å². The number of rotatable bonds is 7. The number of aliphatic hydroxyl groups is 3. The van der Waals surface area contributed by atoms with Crippen LogP contribution in [0.15, 0.2) is 57.8 Å². The number of phenols is 2. The van der Waals surface area contributed by atoms with Crippen molar-refractivity contribution in [3.63, 3.8) is 0 Å². The second-order valence-electron chi connectivity index (χ2n) is 10.5. The second-order valence-corrected chi connectivity index (χ2v) is 10.5. The van der Waals surface area contributed by atoms with Crippen molar-refractivity contribution in [1.82, 2.24) is 0 Å². The summed E-state index contributed by atoms with van der Waals surface area (Å²) in [7, 11) is 0. The smallest absolute Gasteiger partial charge is 0.336 e. The number of aromatic hydroxyl groups is 2. The van der Waals surface area contributed by atoms with Crippen molar-refractivity contribution in [3.8, 4) is 17.2 Å². The summed E-state index contributed by atoms with van der Waals surface area (Å²) in [6, 6.07) is 10.6. The first kappa shape index (κ1) is 28.6. The molecule has 3 heterocycles. The fraction of sp³-hybridized carbons (Fsp3) is 0.379. The van der Waals surface area contributed by atoms with Gasteiger partial charge in [0.2, 0.25) is 5.75 Å². The van der Waals surface area contributed by atoms with Crippen LogP contribution in [0.25, 0.3) is 17.0 Å². The quantitative estimate of drug-likeness (QED) is 0.156. The number of phenolic OH excluding ortho intramolecular Hbond substituents is 2. The third kappa shape index (κ3) is 5.92. The summed E-state index contributed by atoms with van der Waals surface area (Å²) in [4.78, 5) is 23.8. The average Bonchev–Trinajstić information content (AvgIpc) is 3.38. The number of hydrogen-bond acceptors (Lipinski definition) is 12. The monoisotopic (exact) mass is 570 g/mol. The number of benzene rings is 2. The Morgan fingerprint density at radius 2 is 1.78 bits per heavy atom. The molecule has 5 rings (SSSR count). The maximum Gasteiger partial charge on any atom is 0.336 e. The van der Waals surface area contributed by atoms with Crippen molar-refractivity contribution in [1.29, 1.82) is 0 Å². The highest BCUT2D eigenvalue weighted by atomic mass is 16.7. The van der Waals surface area contributed by atoms with Gasteiger partial charge >= 0.3 is 11.6 Å². The normalized spacial score (nSPS) is 26.2. The third-order valence-corrected chi connectivity index (χ3v) is 7.14. The lowest BCUT2D eigenvalue weighted by atomic mass is 9.95. The molecule has 41 heavy (non-hydrogen) atoms. The Hall–Kier alpha value is -3.94. The number of aliphatic hydroxyl groups excluding tert-OH is 3. The molecule has 0 amide bonds. The molecule has 2 aromatic carbocycles. The minimum Gasteiger partial charge on any atom is -0.508 e. The van der Waals surface area contributed by atoms with Gasteiger partial charge in [-0.2, -0.15) is 0 Å². The lowest BCUT2D eigenvalue weighted by Gasteiger charge is -2.43. The van der Waals surface area contributed by atoms with Gasteiger partial charge in [-0.05, 0) is 49.8 Å². The van der Waals surface area contributed by atoms with E-state index in [1.165, 1.54) is 30.3 Å². The van der Waals surface area contributed by atoms with Crippen molar-refractivity contribution in [3.05, 3.63) is 70.1 Å². The topological polar surface area (TPSA) is 185 Å². The Morgan fingerprint density at radius 1 is 1.05 bits per heavy atom. The Balaban J connectivity index is 1.24. The van der Waals surface area contributed by atoms with Crippen LogP contribution in [0.2, 0.25) is 0 Å². The van der Waals surface area contributed by atoms with Gasteiger partial charge in [-0.15, -0.1) is 0 Å². The molecule has 12 heteroatoms. The zero-order valence-corrected chi connectivity index (χ0v) is 22.2. The number of esters is 1. The van der Waals surface area contributed by atoms with Crippen molar-refractivity contribution < 1.29 is 53.7 Å². The molecule has 6 unspecified atom stereocenters. The van der Waals surface area contributed by atoms with E-state index in [-0.39, 0.29) is 22.8 Å². The molecule has 1 fully saturated rings. The molecule has 2 aliphatic rings. The molecule has 0 saturated carbocycles. The van der Waals surface area contributed by atoms with E-state index in [1.54, 1.807) is 32.0 Å². The molecular weight excluding hydrogens is 540 g/mol. The molecule has 0 bridgehead atoms. The molecule has 5 N–H and O–H groups in total. The van der Waals surface area contributed by atoms with Gasteiger partial charge in [0.05, 0.1) is 0 Å². The first-order valence-electron chi connectivity index (χ1n) is 12.9. The van der Waals surface area contributed by atoms with Crippen LogP contribution >= 0.6 is 0 Å². The minimum atomic E-state index is -1.67. The summed E-state index contributed by atoms with van der Waals surface area (Å²) in [6.07, 6.45) is -5.30. The third-order valence-electron chi connectivity index (χ3n) is 7.14. The molecular formula is C29H30O12. The molecule has 0 radical (unpaired) electrons. The molecule has 3 aromatic rings. The van der Waals surface area contributed by atoms with Crippen LogP contribution in [0.3, 0.4) is 0 Å². The van der Waals surface area contributed by atoms with E-state index < -0.39 is 60.6 Å². The van der Waals surface area contributed by atoms with Crippen molar-refractivity contribution in [2.45, 2.75) is 62.7 Å². The van der Waals surface area contributed by atoms with Crippen LogP contribution in [-0.2, 0) is 25.4 Å². The van der Waals surface area contributed by atoms with Gasteiger partial charge in [0.25, 0.3) is 0 Å². The fourth-order valence-electron chi connectivity index (χ4n) is 4.78. The Bertz CT molecular complexity index is 1510.